The second-order valence-electron chi connectivity index (χ2n) is 0. The Morgan fingerprint density at radius 2 is 0.0206 bits per heavy atom. The summed E-state index contributed by atoms with van der Waals surface area (Å²) >= 11 is 0. The van der Waals surface area contributed by atoms with E-state index in [1.165, 1.54) is 0 Å². The number of hydrogen-bond acceptors (Lipinski definition) is 0. The van der Waals surface area contributed by atoms with Crippen LogP contribution in [-0.2, 0) is 0 Å². The standard InChI is InChI=1S/97CH4.3H2/h97*1H4;3*1H/i;;;;;;;;;;;;;;;;;;;;;;;;;;;;;;;;;;;;;;;;;;;;;;;;;;;;;;;;;;;;;;;;;;;;;;;;;;;;;;;;;;;;;;;;;;;;;;;;;3*1+2. The molecule has 0 spiro atoms. The fraction of sp³-hybridized carbons (Fsp3) is 1.00. The second kappa shape index (κ2) is 0. The van der Waals surface area contributed by atoms with Gasteiger partial charge in [0, 0.05) is 4.28 Å². The second-order valence-corrected chi connectivity index (χ2v) is 0. The maximum absolute atomic E-state index is 0. The molecule has 0 nitrogen and oxygen atoms in total. The molecular formula is C97H394. The van der Waals surface area contributed by atoms with Crippen LogP contribution >= 0.6 is 0 Å². The Morgan fingerprint density at radius 1 is 0.0206 bits per heavy atom. The van der Waals surface area contributed by atoms with Crippen molar-refractivity contribution in [1.82, 2.24) is 0 Å². The minimum atomic E-state index is 0. The predicted molar refractivity (Wildman–Crippen MR) is 659 cm³/mol. The Bertz CT molecular complexity index is 19.4. The summed E-state index contributed by atoms with van der Waals surface area (Å²) in [7, 11) is 0. The maximum Gasteiger partial charge on any atom is 0 e. The van der Waals surface area contributed by atoms with Crippen LogP contribution in [-0.4, -0.2) is 0 Å². The van der Waals surface area contributed by atoms with Crippen LogP contribution in [0.25, 0.3) is 0 Å². The summed E-state index contributed by atoms with van der Waals surface area (Å²) in [5.41, 5.74) is 0. The average Bonchev–Trinajstić information content (AvgIpc) is 0. The molecule has 97 heavy (non-hydrogen) atoms. The van der Waals surface area contributed by atoms with Crippen LogP contribution in [0, 0.1) is 0 Å². The first kappa shape index (κ1) is 0. The highest BCUT2D eigenvalue weighted by Gasteiger charge is 0.0184. The van der Waals surface area contributed by atoms with E-state index in [0.29, 0.717) is 0 Å². The summed E-state index contributed by atoms with van der Waals surface area (Å²) in [6, 6.07) is 0. The lowest BCUT2D eigenvalue weighted by molar-refractivity contribution is 2.50. The molecule has 0 N–H and O–H groups in total. The van der Waals surface area contributed by atoms with E-state index in [1.54, 1.807) is 0 Å². The van der Waals surface area contributed by atoms with E-state index in [-0.39, 0.29) is 725 Å². The van der Waals surface area contributed by atoms with E-state index in [4.69, 9.17) is 0 Å². The van der Waals surface area contributed by atoms with E-state index in [1.807, 2.05) is 0 Å². The van der Waals surface area contributed by atoms with E-state index in [2.05, 4.69) is 0 Å². The summed E-state index contributed by atoms with van der Waals surface area (Å²) in [5, 5.41) is 0. The van der Waals surface area contributed by atoms with Crippen molar-refractivity contribution >= 4 is 0 Å². The molecule has 0 amide bonds. The third-order valence-corrected chi connectivity index (χ3v) is 0. The number of rotatable bonds is 0. The molecule has 0 saturated carbocycles. The molecular weight excluding hydrogens is 1170 g/mol. The Morgan fingerprint density at radius 3 is 0.0206 bits per heavy atom. The van der Waals surface area contributed by atoms with Crippen molar-refractivity contribution in [3.05, 3.63) is 0 Å². The quantitative estimate of drug-likeness (QED) is 0.227. The van der Waals surface area contributed by atoms with Gasteiger partial charge in [-0.1, -0.05) is 720 Å². The van der Waals surface area contributed by atoms with Gasteiger partial charge in [-0.3, -0.25) is 0 Å². The van der Waals surface area contributed by atoms with E-state index in [0.717, 1.165) is 0 Å². The van der Waals surface area contributed by atoms with Crippen molar-refractivity contribution in [2.75, 3.05) is 0 Å². The zero-order chi connectivity index (χ0) is 0. The SMILES string of the molecule is C.C.C.C.C.C.C.C.C.C.C.C.C.C.C.C.C.C.C.C.C.C.C.C.C.C.C.C.C.C.C.C.C.C.C.C.C.C.C.C.C.C.C.C.C.C.C.C.C.C.C.C.C.C.C.C.C.C.C.C.C.C.C.C.C.C.C.C.C.C.C.C.C.C.C.C.C.C.C.C.C.C.C.C.C.C.C.C.C.C.C.C.C.C.C.C.C.[3HH].[3HH].[3HH]. The molecule has 0 rings (SSSR count). The Kier molecular flexibility index (Phi) is 0. The molecule has 0 fully saturated rings. The van der Waals surface area contributed by atoms with Crippen LogP contribution in [0.4, 0.5) is 0 Å². The summed E-state index contributed by atoms with van der Waals surface area (Å²) < 4.78 is 0. The smallest absolute Gasteiger partial charge is 0 e. The van der Waals surface area contributed by atoms with Crippen molar-refractivity contribution in [3.63, 3.8) is 0 Å². The monoisotopic (exact) mass is 1570 g/mol. The minimum Gasteiger partial charge on any atom is -0.0776 e. The Hall–Kier alpha value is 0. The van der Waals surface area contributed by atoms with Crippen molar-refractivity contribution in [1.29, 1.82) is 0 Å². The van der Waals surface area contributed by atoms with Crippen molar-refractivity contribution < 1.29 is 4.28 Å². The van der Waals surface area contributed by atoms with Crippen LogP contribution < -0.4 is 0 Å². The van der Waals surface area contributed by atoms with Gasteiger partial charge in [-0.25, -0.2) is 0 Å². The molecule has 0 unspecified atom stereocenters. The van der Waals surface area contributed by atoms with Crippen LogP contribution in [0.1, 0.15) is 725 Å². The van der Waals surface area contributed by atoms with E-state index in [9.17, 15) is 0 Å². The topological polar surface area (TPSA) is 0 Å². The van der Waals surface area contributed by atoms with Gasteiger partial charge in [0.25, 0.3) is 0 Å². The fourth-order valence-electron chi connectivity index (χ4n) is 0. The van der Waals surface area contributed by atoms with Gasteiger partial charge >= 0.3 is 0 Å². The van der Waals surface area contributed by atoms with Crippen LogP contribution in [0.5, 0.6) is 0 Å². The molecule has 0 radical (unpaired) electrons. The highest BCUT2D eigenvalue weighted by atomic mass is 12.1. The van der Waals surface area contributed by atoms with E-state index >= 15 is 0 Å². The first-order chi connectivity index (χ1) is 0. The molecule has 0 aliphatic rings. The van der Waals surface area contributed by atoms with Crippen LogP contribution in [0.15, 0.2) is 0 Å². The molecule has 782 valence electrons. The molecule has 0 aromatic carbocycles. The molecule has 0 heteroatoms. The van der Waals surface area contributed by atoms with Gasteiger partial charge in [0.15, 0.2) is 0 Å². The van der Waals surface area contributed by atoms with Gasteiger partial charge in [0.2, 0.25) is 0 Å². The van der Waals surface area contributed by atoms with Crippen molar-refractivity contribution in [3.8, 4) is 0 Å². The Labute approximate surface area is 721 Å². The summed E-state index contributed by atoms with van der Waals surface area (Å²) in [6.07, 6.45) is 0. The van der Waals surface area contributed by atoms with Crippen molar-refractivity contribution in [2.45, 2.75) is 720 Å². The highest BCUT2D eigenvalue weighted by Crippen LogP contribution is 0.240. The summed E-state index contributed by atoms with van der Waals surface area (Å²) in [6.45, 7) is 0. The lowest BCUT2D eigenvalue weighted by Crippen LogP contribution is 0.143. The molecule has 0 saturated heterocycles. The van der Waals surface area contributed by atoms with Gasteiger partial charge in [-0.05, 0) is 0 Å². The zero-order valence-electron chi connectivity index (χ0n) is 0. The largest absolute Gasteiger partial charge is 0.0776 e. The summed E-state index contributed by atoms with van der Waals surface area (Å²) in [5.74, 6) is 0. The fourth-order valence-corrected chi connectivity index (χ4v) is 0. The lowest BCUT2D eigenvalue weighted by atomic mass is 12.0. The Balaban J connectivity index is 0. The normalized spacial score (nSPS) is 0. The first-order valence-corrected chi connectivity index (χ1v) is 0. The van der Waals surface area contributed by atoms with Gasteiger partial charge in [-0.2, -0.15) is 0 Å². The highest BCUT2D eigenvalue weighted by molar-refractivity contribution is 2.60. The molecule has 0 aromatic heterocycles. The predicted octanol–water partition coefficient (Wildman–Crippen LogP) is 62.4. The summed E-state index contributed by atoms with van der Waals surface area (Å²) in [4.78, 5) is 0. The maximum atomic E-state index is 0. The van der Waals surface area contributed by atoms with Gasteiger partial charge in [-0.15, -0.1) is 0 Å². The van der Waals surface area contributed by atoms with Gasteiger partial charge in [0.05, 0.1) is 0 Å². The van der Waals surface area contributed by atoms with Crippen LogP contribution in [0.2, 0.25) is 0 Å². The third-order valence-electron chi connectivity index (χ3n) is 0. The van der Waals surface area contributed by atoms with E-state index < -0.39 is 0 Å². The van der Waals surface area contributed by atoms with Crippen LogP contribution in [0.3, 0.4) is 0 Å². The number of hydrogen-bond donors (Lipinski definition) is 0. The van der Waals surface area contributed by atoms with Gasteiger partial charge < -0.3 is 0 Å². The molecule has 0 aliphatic heterocycles. The molecule has 0 heterocycles. The lowest BCUT2D eigenvalue weighted by Gasteiger charge is -0.0786. The molecule has 0 aromatic rings. The average molecular weight is 1570 g/mol. The third kappa shape index (κ3) is 0. The zero-order valence-corrected chi connectivity index (χ0v) is 0. The van der Waals surface area contributed by atoms with Crippen molar-refractivity contribution in [2.24, 2.45) is 0 Å². The molecule has 0 atom stereocenters. The first-order valence-electron chi connectivity index (χ1n) is 0. The molecule has 0 bridgehead atoms. The van der Waals surface area contributed by atoms with Gasteiger partial charge in [0.1, 0.15) is 0 Å². The minimum absolute atomic E-state index is 0. The molecule has 0 aliphatic carbocycles.